The van der Waals surface area contributed by atoms with Gasteiger partial charge in [0.1, 0.15) is 18.5 Å². The molecule has 0 aromatic heterocycles. The molecule has 1 heterocycles. The van der Waals surface area contributed by atoms with Crippen molar-refractivity contribution in [3.63, 3.8) is 0 Å². The summed E-state index contributed by atoms with van der Waals surface area (Å²) in [6, 6.07) is 15.3. The van der Waals surface area contributed by atoms with Crippen LogP contribution in [0.3, 0.4) is 0 Å². The second kappa shape index (κ2) is 10.3. The Hall–Kier alpha value is -2.57. The predicted octanol–water partition coefficient (Wildman–Crippen LogP) is 4.11. The van der Waals surface area contributed by atoms with E-state index in [2.05, 4.69) is 0 Å². The molecule has 0 aliphatic carbocycles. The summed E-state index contributed by atoms with van der Waals surface area (Å²) in [5.74, 6) is 0.708. The maximum Gasteiger partial charge on any atom is 0.247 e. The summed E-state index contributed by atoms with van der Waals surface area (Å²) >= 11 is 1.52. The summed E-state index contributed by atoms with van der Waals surface area (Å²) in [5.41, 5.74) is 1.58. The van der Waals surface area contributed by atoms with Crippen molar-refractivity contribution in [1.82, 2.24) is 4.90 Å². The topological polar surface area (TPSA) is 55.8 Å². The first-order valence-corrected chi connectivity index (χ1v) is 10.4. The number of hydrogen-bond donors (Lipinski definition) is 0. The molecule has 0 N–H and O–H groups in total. The van der Waals surface area contributed by atoms with Crippen molar-refractivity contribution in [3.8, 4) is 5.75 Å². The van der Waals surface area contributed by atoms with E-state index >= 15 is 0 Å². The van der Waals surface area contributed by atoms with Gasteiger partial charge in [-0.25, -0.2) is 0 Å². The minimum Gasteiger partial charge on any atom is -0.491 e. The van der Waals surface area contributed by atoms with E-state index in [4.69, 9.17) is 9.47 Å². The molecule has 1 fully saturated rings. The van der Waals surface area contributed by atoms with Crippen LogP contribution in [0.2, 0.25) is 0 Å². The van der Waals surface area contributed by atoms with Crippen LogP contribution in [0, 0.1) is 6.92 Å². The second-order valence-electron chi connectivity index (χ2n) is 6.85. The number of amides is 1. The SMILES string of the molecule is CC(=O)c1ccc(OCC2CN(C(=O)C=CSc3ccccc3)CCO2)cc1C. The maximum atomic E-state index is 12.5. The molecule has 1 amide bonds. The van der Waals surface area contributed by atoms with Gasteiger partial charge in [-0.3, -0.25) is 9.59 Å². The number of nitrogens with zero attached hydrogens (tertiary/aromatic N) is 1. The molecule has 0 radical (unpaired) electrons. The molecule has 1 aliphatic heterocycles. The molecular weight excluding hydrogens is 386 g/mol. The van der Waals surface area contributed by atoms with E-state index in [0.717, 1.165) is 10.5 Å². The Labute approximate surface area is 175 Å². The summed E-state index contributed by atoms with van der Waals surface area (Å²) in [5, 5.41) is 1.82. The summed E-state index contributed by atoms with van der Waals surface area (Å²) in [6.45, 7) is 5.34. The quantitative estimate of drug-likeness (QED) is 0.390. The lowest BCUT2D eigenvalue weighted by Crippen LogP contribution is -2.47. The molecule has 1 atom stereocenters. The first kappa shape index (κ1) is 21.1. The molecule has 0 bridgehead atoms. The van der Waals surface area contributed by atoms with Crippen molar-refractivity contribution in [1.29, 1.82) is 0 Å². The predicted molar refractivity (Wildman–Crippen MR) is 114 cm³/mol. The van der Waals surface area contributed by atoms with E-state index in [1.165, 1.54) is 11.8 Å². The summed E-state index contributed by atoms with van der Waals surface area (Å²) in [6.07, 6.45) is 1.42. The van der Waals surface area contributed by atoms with Gasteiger partial charge in [0.15, 0.2) is 5.78 Å². The smallest absolute Gasteiger partial charge is 0.247 e. The molecule has 0 saturated carbocycles. The Morgan fingerprint density at radius 3 is 2.76 bits per heavy atom. The molecule has 5 nitrogen and oxygen atoms in total. The van der Waals surface area contributed by atoms with Crippen LogP contribution in [0.5, 0.6) is 5.75 Å². The van der Waals surface area contributed by atoms with Crippen LogP contribution < -0.4 is 4.74 Å². The van der Waals surface area contributed by atoms with Crippen LogP contribution in [-0.4, -0.2) is 49.0 Å². The molecule has 152 valence electrons. The number of ether oxygens (including phenoxy) is 2. The van der Waals surface area contributed by atoms with Crippen LogP contribution in [-0.2, 0) is 9.53 Å². The van der Waals surface area contributed by atoms with Gasteiger partial charge in [-0.2, -0.15) is 0 Å². The highest BCUT2D eigenvalue weighted by atomic mass is 32.2. The van der Waals surface area contributed by atoms with Crippen molar-refractivity contribution in [2.24, 2.45) is 0 Å². The van der Waals surface area contributed by atoms with E-state index in [1.807, 2.05) is 48.7 Å². The van der Waals surface area contributed by atoms with Crippen LogP contribution in [0.15, 0.2) is 64.9 Å². The third-order valence-electron chi connectivity index (χ3n) is 4.62. The van der Waals surface area contributed by atoms with Crippen molar-refractivity contribution >= 4 is 23.5 Å². The van der Waals surface area contributed by atoms with E-state index in [1.54, 1.807) is 30.0 Å². The van der Waals surface area contributed by atoms with Crippen molar-refractivity contribution in [2.75, 3.05) is 26.3 Å². The third kappa shape index (κ3) is 6.21. The average Bonchev–Trinajstić information content (AvgIpc) is 2.73. The van der Waals surface area contributed by atoms with Gasteiger partial charge in [0.05, 0.1) is 13.2 Å². The molecule has 0 spiro atoms. The number of carbonyl (C=O) groups is 2. The molecule has 3 rings (SSSR count). The first-order valence-electron chi connectivity index (χ1n) is 9.56. The van der Waals surface area contributed by atoms with Gasteiger partial charge in [-0.15, -0.1) is 0 Å². The van der Waals surface area contributed by atoms with Crippen molar-refractivity contribution < 1.29 is 19.1 Å². The van der Waals surface area contributed by atoms with Crippen LogP contribution in [0.25, 0.3) is 0 Å². The second-order valence-corrected chi connectivity index (χ2v) is 7.83. The Balaban J connectivity index is 1.49. The number of rotatable bonds is 7. The van der Waals surface area contributed by atoms with Crippen LogP contribution in [0.4, 0.5) is 0 Å². The summed E-state index contributed by atoms with van der Waals surface area (Å²) < 4.78 is 11.6. The highest BCUT2D eigenvalue weighted by molar-refractivity contribution is 8.02. The minimum atomic E-state index is -0.185. The number of thioether (sulfide) groups is 1. The van der Waals surface area contributed by atoms with Crippen LogP contribution in [0.1, 0.15) is 22.8 Å². The largest absolute Gasteiger partial charge is 0.491 e. The average molecular weight is 412 g/mol. The molecule has 1 unspecified atom stereocenters. The van der Waals surface area contributed by atoms with Gasteiger partial charge in [0.2, 0.25) is 5.91 Å². The van der Waals surface area contributed by atoms with Crippen LogP contribution >= 0.6 is 11.8 Å². The summed E-state index contributed by atoms with van der Waals surface area (Å²) in [4.78, 5) is 26.9. The summed E-state index contributed by atoms with van der Waals surface area (Å²) in [7, 11) is 0. The molecule has 29 heavy (non-hydrogen) atoms. The monoisotopic (exact) mass is 411 g/mol. The molecule has 2 aromatic rings. The fraction of sp³-hybridized carbons (Fsp3) is 0.304. The first-order chi connectivity index (χ1) is 14.0. The lowest BCUT2D eigenvalue weighted by atomic mass is 10.1. The van der Waals surface area contributed by atoms with Gasteiger partial charge in [-0.05, 0) is 55.2 Å². The number of aryl methyl sites for hydroxylation is 1. The Bertz CT molecular complexity index is 882. The molecule has 2 aromatic carbocycles. The zero-order valence-corrected chi connectivity index (χ0v) is 17.5. The van der Waals surface area contributed by atoms with Gasteiger partial charge < -0.3 is 14.4 Å². The van der Waals surface area contributed by atoms with Gasteiger partial charge >= 0.3 is 0 Å². The molecule has 1 saturated heterocycles. The highest BCUT2D eigenvalue weighted by Gasteiger charge is 2.23. The Morgan fingerprint density at radius 1 is 1.24 bits per heavy atom. The fourth-order valence-electron chi connectivity index (χ4n) is 3.11. The zero-order chi connectivity index (χ0) is 20.6. The van der Waals surface area contributed by atoms with E-state index in [-0.39, 0.29) is 17.8 Å². The van der Waals surface area contributed by atoms with Gasteiger partial charge in [0.25, 0.3) is 0 Å². The minimum absolute atomic E-state index is 0.0246. The number of ketones is 1. The lowest BCUT2D eigenvalue weighted by Gasteiger charge is -2.32. The van der Waals surface area contributed by atoms with Crippen molar-refractivity contribution in [3.05, 3.63) is 71.1 Å². The molecule has 1 aliphatic rings. The normalized spacial score (nSPS) is 16.8. The number of morpholine rings is 1. The van der Waals surface area contributed by atoms with Gasteiger partial charge in [-0.1, -0.05) is 30.0 Å². The Kier molecular flexibility index (Phi) is 7.49. The third-order valence-corrected chi connectivity index (χ3v) is 5.44. The van der Waals surface area contributed by atoms with E-state index < -0.39 is 0 Å². The maximum absolute atomic E-state index is 12.5. The molecule has 6 heteroatoms. The van der Waals surface area contributed by atoms with E-state index in [0.29, 0.717) is 37.6 Å². The van der Waals surface area contributed by atoms with Gasteiger partial charge in [0, 0.05) is 23.1 Å². The van der Waals surface area contributed by atoms with Crippen molar-refractivity contribution in [2.45, 2.75) is 24.8 Å². The lowest BCUT2D eigenvalue weighted by molar-refractivity contribution is -0.134. The Morgan fingerprint density at radius 2 is 2.03 bits per heavy atom. The number of Topliss-reactive ketones (excluding diaryl/α,β-unsaturated/α-hetero) is 1. The number of benzene rings is 2. The zero-order valence-electron chi connectivity index (χ0n) is 16.7. The fourth-order valence-corrected chi connectivity index (χ4v) is 3.76. The number of hydrogen-bond acceptors (Lipinski definition) is 5. The van der Waals surface area contributed by atoms with E-state index in [9.17, 15) is 9.59 Å². The number of carbonyl (C=O) groups excluding carboxylic acids is 2. The molecular formula is C23H25NO4S. The standard InChI is InChI=1S/C23H25NO4S/c1-17-14-19(8-9-22(17)18(2)25)28-16-20-15-24(11-12-27-20)23(26)10-13-29-21-6-4-3-5-7-21/h3-10,13-14,20H,11-12,15-16H2,1-2H3. The highest BCUT2D eigenvalue weighted by Crippen LogP contribution is 2.20.